The smallest absolute Gasteiger partial charge is 0.352 e. The molecule has 0 aromatic rings. The Morgan fingerprint density at radius 1 is 1.42 bits per heavy atom. The third-order valence-electron chi connectivity index (χ3n) is 5.59. The molecular formula is C16H23N3O5. The average Bonchev–Trinajstić information content (AvgIpc) is 3.03. The minimum atomic E-state index is -1.12. The van der Waals surface area contributed by atoms with Crippen LogP contribution in [0.2, 0.25) is 0 Å². The number of hydrogen-bond donors (Lipinski definition) is 3. The largest absolute Gasteiger partial charge is 0.477 e. The van der Waals surface area contributed by atoms with Gasteiger partial charge in [-0.1, -0.05) is 6.92 Å². The average molecular weight is 337 g/mol. The molecule has 8 nitrogen and oxygen atoms in total. The molecule has 0 aromatic carbocycles. The molecule has 3 heterocycles. The van der Waals surface area contributed by atoms with Crippen molar-refractivity contribution in [3.8, 4) is 0 Å². The van der Waals surface area contributed by atoms with E-state index in [0.29, 0.717) is 31.6 Å². The number of amides is 2. The highest BCUT2D eigenvalue weighted by molar-refractivity contribution is 6.00. The molecule has 0 spiro atoms. The number of primary amides is 1. The summed E-state index contributed by atoms with van der Waals surface area (Å²) in [5.41, 5.74) is 6.07. The summed E-state index contributed by atoms with van der Waals surface area (Å²) in [5.74, 6) is -2.69. The Morgan fingerprint density at radius 3 is 2.58 bits per heavy atom. The van der Waals surface area contributed by atoms with Crippen molar-refractivity contribution in [3.05, 3.63) is 11.3 Å². The number of rotatable bonds is 5. The van der Waals surface area contributed by atoms with Crippen LogP contribution in [0, 0.1) is 17.8 Å². The summed E-state index contributed by atoms with van der Waals surface area (Å²) in [6.07, 6.45) is -0.136. The van der Waals surface area contributed by atoms with E-state index in [1.54, 1.807) is 6.92 Å². The molecule has 2 amide bonds. The van der Waals surface area contributed by atoms with Crippen LogP contribution in [0.4, 0.5) is 0 Å². The first-order chi connectivity index (χ1) is 11.2. The van der Waals surface area contributed by atoms with E-state index < -0.39 is 18.0 Å². The Morgan fingerprint density at radius 2 is 2.08 bits per heavy atom. The molecule has 8 heteroatoms. The van der Waals surface area contributed by atoms with Gasteiger partial charge in [0.2, 0.25) is 11.8 Å². The number of aliphatic carboxylic acids is 1. The molecule has 2 saturated heterocycles. The second kappa shape index (κ2) is 5.86. The predicted molar refractivity (Wildman–Crippen MR) is 83.4 cm³/mol. The number of carbonyl (C=O) groups is 3. The highest BCUT2D eigenvalue weighted by Crippen LogP contribution is 2.47. The topological polar surface area (TPSA) is 124 Å². The molecule has 0 radical (unpaired) electrons. The molecule has 0 aromatic heterocycles. The highest BCUT2D eigenvalue weighted by Gasteiger charge is 2.59. The lowest BCUT2D eigenvalue weighted by atomic mass is 9.77. The Hall–Kier alpha value is -1.93. The van der Waals surface area contributed by atoms with Gasteiger partial charge in [-0.3, -0.25) is 14.5 Å². The van der Waals surface area contributed by atoms with Gasteiger partial charge in [-0.25, -0.2) is 4.79 Å². The quantitative estimate of drug-likeness (QED) is 0.552. The minimum Gasteiger partial charge on any atom is -0.477 e. The van der Waals surface area contributed by atoms with Gasteiger partial charge in [-0.15, -0.1) is 0 Å². The van der Waals surface area contributed by atoms with Crippen LogP contribution >= 0.6 is 0 Å². The molecule has 3 aliphatic rings. The van der Waals surface area contributed by atoms with Crippen molar-refractivity contribution in [1.29, 1.82) is 0 Å². The van der Waals surface area contributed by atoms with E-state index in [1.165, 1.54) is 4.90 Å². The van der Waals surface area contributed by atoms with Crippen molar-refractivity contribution < 1.29 is 24.6 Å². The number of aliphatic hydroxyl groups is 1. The third-order valence-corrected chi connectivity index (χ3v) is 5.59. The standard InChI is InChI=1S/C16H23N3O5/c1-7-10(6-18-4-3-9(5-18)14(17)21)13(16(23)24)19-12(7)11(8(2)20)15(19)22/h7-9,11-12,20H,3-6H2,1-2H3,(H2,17,21)(H,23,24)/t7-,8+,9-,11?,12?/m0/s1. The maximum Gasteiger partial charge on any atom is 0.352 e. The first-order valence-corrected chi connectivity index (χ1v) is 8.23. The van der Waals surface area contributed by atoms with Gasteiger partial charge in [0.05, 0.1) is 24.0 Å². The molecule has 2 unspecified atom stereocenters. The van der Waals surface area contributed by atoms with Gasteiger partial charge in [0.15, 0.2) is 0 Å². The molecule has 0 aliphatic carbocycles. The Balaban J connectivity index is 1.83. The number of nitrogens with zero attached hydrogens (tertiary/aromatic N) is 2. The summed E-state index contributed by atoms with van der Waals surface area (Å²) in [6, 6.07) is -0.298. The van der Waals surface area contributed by atoms with Gasteiger partial charge in [-0.05, 0) is 25.5 Å². The van der Waals surface area contributed by atoms with E-state index >= 15 is 0 Å². The number of likely N-dealkylation sites (tertiary alicyclic amines) is 1. The van der Waals surface area contributed by atoms with Gasteiger partial charge >= 0.3 is 5.97 Å². The summed E-state index contributed by atoms with van der Waals surface area (Å²) >= 11 is 0. The number of fused-ring (bicyclic) bond motifs is 1. The lowest BCUT2D eigenvalue weighted by Gasteiger charge is -2.46. The maximum absolute atomic E-state index is 12.3. The molecule has 5 atom stereocenters. The number of aliphatic hydroxyl groups excluding tert-OH is 1. The van der Waals surface area contributed by atoms with E-state index in [1.807, 2.05) is 11.8 Å². The zero-order valence-corrected chi connectivity index (χ0v) is 13.8. The number of hydrogen-bond acceptors (Lipinski definition) is 5. The maximum atomic E-state index is 12.3. The van der Waals surface area contributed by atoms with E-state index in [9.17, 15) is 24.6 Å². The van der Waals surface area contributed by atoms with Crippen molar-refractivity contribution in [3.63, 3.8) is 0 Å². The van der Waals surface area contributed by atoms with Crippen LogP contribution in [0.15, 0.2) is 11.3 Å². The van der Waals surface area contributed by atoms with Gasteiger partial charge < -0.3 is 20.8 Å². The summed E-state index contributed by atoms with van der Waals surface area (Å²) in [7, 11) is 0. The predicted octanol–water partition coefficient (Wildman–Crippen LogP) is -1.01. The molecule has 0 saturated carbocycles. The molecule has 4 N–H and O–H groups in total. The van der Waals surface area contributed by atoms with E-state index in [4.69, 9.17) is 5.73 Å². The first kappa shape index (κ1) is 16.9. The van der Waals surface area contributed by atoms with Gasteiger partial charge in [0.25, 0.3) is 0 Å². The van der Waals surface area contributed by atoms with Crippen LogP contribution in [0.1, 0.15) is 20.3 Å². The van der Waals surface area contributed by atoms with E-state index in [2.05, 4.69) is 0 Å². The minimum absolute atomic E-state index is 0.0388. The Kier molecular flexibility index (Phi) is 4.13. The number of carbonyl (C=O) groups excluding carboxylic acids is 2. The molecule has 132 valence electrons. The van der Waals surface area contributed by atoms with E-state index in [-0.39, 0.29) is 35.4 Å². The van der Waals surface area contributed by atoms with Crippen molar-refractivity contribution in [2.45, 2.75) is 32.4 Å². The monoisotopic (exact) mass is 337 g/mol. The fourth-order valence-electron chi connectivity index (χ4n) is 4.30. The third kappa shape index (κ3) is 2.41. The van der Waals surface area contributed by atoms with Crippen molar-refractivity contribution in [1.82, 2.24) is 9.80 Å². The van der Waals surface area contributed by atoms with Crippen LogP contribution in [0.25, 0.3) is 0 Å². The van der Waals surface area contributed by atoms with Gasteiger partial charge in [0, 0.05) is 19.0 Å². The SMILES string of the molecule is C[C@@H](O)C1C(=O)N2C(C(=O)O)=C(CN3CC[C@H](C(N)=O)C3)[C@H](C)C12. The summed E-state index contributed by atoms with van der Waals surface area (Å²) in [4.78, 5) is 38.6. The highest BCUT2D eigenvalue weighted by atomic mass is 16.4. The van der Waals surface area contributed by atoms with Gasteiger partial charge in [-0.2, -0.15) is 0 Å². The van der Waals surface area contributed by atoms with Crippen molar-refractivity contribution in [2.75, 3.05) is 19.6 Å². The van der Waals surface area contributed by atoms with Crippen LogP contribution < -0.4 is 5.73 Å². The molecule has 3 rings (SSSR count). The van der Waals surface area contributed by atoms with Gasteiger partial charge in [0.1, 0.15) is 5.70 Å². The second-order valence-corrected chi connectivity index (χ2v) is 7.06. The number of β-lactam (4-membered cyclic amide) rings is 1. The second-order valence-electron chi connectivity index (χ2n) is 7.06. The molecule has 3 aliphatic heterocycles. The van der Waals surface area contributed by atoms with Crippen LogP contribution in [0.3, 0.4) is 0 Å². The fourth-order valence-corrected chi connectivity index (χ4v) is 4.30. The Labute approximate surface area is 139 Å². The lowest BCUT2D eigenvalue weighted by molar-refractivity contribution is -0.163. The lowest BCUT2D eigenvalue weighted by Crippen LogP contribution is -2.63. The van der Waals surface area contributed by atoms with Crippen molar-refractivity contribution >= 4 is 17.8 Å². The number of nitrogens with two attached hydrogens (primary N) is 1. The van der Waals surface area contributed by atoms with Crippen molar-refractivity contribution in [2.24, 2.45) is 23.5 Å². The first-order valence-electron chi connectivity index (χ1n) is 8.23. The summed E-state index contributed by atoms with van der Waals surface area (Å²) < 4.78 is 0. The molecule has 24 heavy (non-hydrogen) atoms. The Bertz CT molecular complexity index is 629. The molecule has 0 bridgehead atoms. The zero-order valence-electron chi connectivity index (χ0n) is 13.8. The van der Waals surface area contributed by atoms with Crippen LogP contribution in [-0.2, 0) is 14.4 Å². The van der Waals surface area contributed by atoms with Crippen LogP contribution in [0.5, 0.6) is 0 Å². The van der Waals surface area contributed by atoms with E-state index in [0.717, 1.165) is 0 Å². The number of carboxylic acid groups (broad SMARTS) is 1. The van der Waals surface area contributed by atoms with Crippen LogP contribution in [-0.4, -0.2) is 69.6 Å². The normalized spacial score (nSPS) is 34.3. The number of carboxylic acids is 1. The molecule has 2 fully saturated rings. The molecular weight excluding hydrogens is 314 g/mol. The zero-order chi connectivity index (χ0) is 17.8. The fraction of sp³-hybridized carbons (Fsp3) is 0.688. The summed E-state index contributed by atoms with van der Waals surface area (Å²) in [6.45, 7) is 5.04. The summed E-state index contributed by atoms with van der Waals surface area (Å²) in [5, 5.41) is 19.4.